The van der Waals surface area contributed by atoms with Gasteiger partial charge in [-0.3, -0.25) is 14.0 Å². The second-order valence-corrected chi connectivity index (χ2v) is 8.60. The molecule has 0 bridgehead atoms. The molecule has 32 heavy (non-hydrogen) atoms. The first kappa shape index (κ1) is 22.6. The van der Waals surface area contributed by atoms with Crippen molar-refractivity contribution in [2.75, 3.05) is 18.0 Å². The molecule has 1 aliphatic heterocycles. The SMILES string of the molecule is CCn1cc2c(Cl)c(-c3c[nH]c4nc(N5CCC[C@@H](N)CC5)n(C)c(=O)c34)ccc2n1.Cl. The van der Waals surface area contributed by atoms with Crippen LogP contribution in [0.2, 0.25) is 5.02 Å². The largest absolute Gasteiger partial charge is 0.345 e. The van der Waals surface area contributed by atoms with E-state index < -0.39 is 0 Å². The zero-order valence-electron chi connectivity index (χ0n) is 18.1. The summed E-state index contributed by atoms with van der Waals surface area (Å²) in [5.41, 5.74) is 8.99. The number of aryl methyl sites for hydroxylation is 1. The Balaban J connectivity index is 0.00000245. The first-order valence-corrected chi connectivity index (χ1v) is 11.1. The molecule has 170 valence electrons. The molecule has 8 nitrogen and oxygen atoms in total. The van der Waals surface area contributed by atoms with Crippen LogP contribution >= 0.6 is 24.0 Å². The van der Waals surface area contributed by atoms with E-state index in [2.05, 4.69) is 15.0 Å². The van der Waals surface area contributed by atoms with Crippen LogP contribution < -0.4 is 16.2 Å². The minimum Gasteiger partial charge on any atom is -0.345 e. The van der Waals surface area contributed by atoms with Crippen LogP contribution in [0.1, 0.15) is 26.2 Å². The number of nitrogens with zero attached hydrogens (tertiary/aromatic N) is 5. The number of fused-ring (bicyclic) bond motifs is 2. The highest BCUT2D eigenvalue weighted by Gasteiger charge is 2.22. The molecule has 3 aromatic heterocycles. The molecule has 0 saturated carbocycles. The Labute approximate surface area is 196 Å². The van der Waals surface area contributed by atoms with Gasteiger partial charge in [0.05, 0.1) is 15.9 Å². The van der Waals surface area contributed by atoms with Crippen LogP contribution in [0.25, 0.3) is 33.1 Å². The van der Waals surface area contributed by atoms with Crippen molar-refractivity contribution >= 4 is 51.9 Å². The van der Waals surface area contributed by atoms with Gasteiger partial charge >= 0.3 is 0 Å². The smallest absolute Gasteiger partial charge is 0.264 e. The number of hydrogen-bond acceptors (Lipinski definition) is 5. The second-order valence-electron chi connectivity index (χ2n) is 8.22. The van der Waals surface area contributed by atoms with Gasteiger partial charge in [0.15, 0.2) is 0 Å². The maximum atomic E-state index is 13.4. The summed E-state index contributed by atoms with van der Waals surface area (Å²) in [5, 5.41) is 6.52. The van der Waals surface area contributed by atoms with Gasteiger partial charge in [0.1, 0.15) is 5.65 Å². The van der Waals surface area contributed by atoms with Crippen LogP contribution in [0, 0.1) is 0 Å². The van der Waals surface area contributed by atoms with Crippen molar-refractivity contribution in [1.29, 1.82) is 0 Å². The summed E-state index contributed by atoms with van der Waals surface area (Å²) in [6.07, 6.45) is 6.64. The average molecular weight is 476 g/mol. The minimum atomic E-state index is -0.0924. The van der Waals surface area contributed by atoms with Crippen LogP contribution in [0.5, 0.6) is 0 Å². The van der Waals surface area contributed by atoms with Crippen molar-refractivity contribution in [2.45, 2.75) is 38.8 Å². The molecule has 1 aromatic carbocycles. The molecule has 1 atom stereocenters. The van der Waals surface area contributed by atoms with Crippen LogP contribution in [0.3, 0.4) is 0 Å². The van der Waals surface area contributed by atoms with Crippen LogP contribution in [-0.2, 0) is 13.6 Å². The predicted molar refractivity (Wildman–Crippen MR) is 132 cm³/mol. The molecule has 4 heterocycles. The van der Waals surface area contributed by atoms with E-state index in [9.17, 15) is 4.79 Å². The first-order chi connectivity index (χ1) is 15.0. The number of anilines is 1. The topological polar surface area (TPSA) is 97.8 Å². The summed E-state index contributed by atoms with van der Waals surface area (Å²) in [5.74, 6) is 0.672. The fourth-order valence-electron chi connectivity index (χ4n) is 4.45. The van der Waals surface area contributed by atoms with Gasteiger partial charge in [-0.25, -0.2) is 0 Å². The number of halogens is 2. The van der Waals surface area contributed by atoms with E-state index in [0.29, 0.717) is 22.0 Å². The first-order valence-electron chi connectivity index (χ1n) is 10.7. The third-order valence-electron chi connectivity index (χ3n) is 6.23. The van der Waals surface area contributed by atoms with Gasteiger partial charge in [0.2, 0.25) is 5.95 Å². The van der Waals surface area contributed by atoms with E-state index in [1.807, 2.05) is 36.1 Å². The molecule has 3 N–H and O–H groups in total. The monoisotopic (exact) mass is 475 g/mol. The molecule has 0 spiro atoms. The molecule has 4 aromatic rings. The van der Waals surface area contributed by atoms with E-state index >= 15 is 0 Å². The van der Waals surface area contributed by atoms with E-state index in [1.165, 1.54) is 0 Å². The van der Waals surface area contributed by atoms with Gasteiger partial charge in [-0.05, 0) is 32.3 Å². The Morgan fingerprint density at radius 2 is 2.06 bits per heavy atom. The maximum absolute atomic E-state index is 13.4. The molecule has 0 aliphatic carbocycles. The second kappa shape index (κ2) is 8.77. The molecule has 10 heteroatoms. The zero-order valence-corrected chi connectivity index (χ0v) is 19.7. The molecular weight excluding hydrogens is 449 g/mol. The third kappa shape index (κ3) is 3.66. The number of benzene rings is 1. The van der Waals surface area contributed by atoms with Gasteiger partial charge in [-0.2, -0.15) is 10.1 Å². The van der Waals surface area contributed by atoms with Crippen molar-refractivity contribution < 1.29 is 0 Å². The molecule has 5 rings (SSSR count). The van der Waals surface area contributed by atoms with Crippen molar-refractivity contribution in [3.63, 3.8) is 0 Å². The Morgan fingerprint density at radius 1 is 1.25 bits per heavy atom. The summed E-state index contributed by atoms with van der Waals surface area (Å²) in [6, 6.07) is 4.06. The van der Waals surface area contributed by atoms with Gasteiger partial charge in [-0.1, -0.05) is 17.7 Å². The highest BCUT2D eigenvalue weighted by Crippen LogP contribution is 2.36. The standard InChI is InChI=1S/C22H26ClN7O.ClH/c1-3-30-12-16-17(27-30)7-6-14(19(16)23)15-11-25-20-18(15)21(31)28(2)22(26-20)29-9-4-5-13(24)8-10-29;/h6-7,11-13,25H,3-5,8-10,24H2,1-2H3;1H/t13-;/m1./s1. The maximum Gasteiger partial charge on any atom is 0.264 e. The molecule has 0 radical (unpaired) electrons. The van der Waals surface area contributed by atoms with Gasteiger partial charge in [0.25, 0.3) is 5.56 Å². The van der Waals surface area contributed by atoms with Gasteiger partial charge in [-0.15, -0.1) is 12.4 Å². The Kier molecular flexibility index (Phi) is 6.20. The lowest BCUT2D eigenvalue weighted by atomic mass is 10.0. The quantitative estimate of drug-likeness (QED) is 0.470. The van der Waals surface area contributed by atoms with Crippen LogP contribution in [-0.4, -0.2) is 43.4 Å². The Hall–Kier alpha value is -2.55. The number of H-pyrrole nitrogens is 1. The van der Waals surface area contributed by atoms with Crippen LogP contribution in [0.4, 0.5) is 5.95 Å². The Bertz CT molecular complexity index is 1340. The molecule has 0 amide bonds. The lowest BCUT2D eigenvalue weighted by molar-refractivity contribution is 0.601. The molecule has 1 aliphatic rings. The van der Waals surface area contributed by atoms with E-state index in [1.54, 1.807) is 11.6 Å². The minimum absolute atomic E-state index is 0. The number of aromatic amines is 1. The van der Waals surface area contributed by atoms with E-state index in [0.717, 1.165) is 60.9 Å². The number of hydrogen-bond donors (Lipinski definition) is 2. The highest BCUT2D eigenvalue weighted by atomic mass is 35.5. The lowest BCUT2D eigenvalue weighted by Crippen LogP contribution is -2.33. The zero-order chi connectivity index (χ0) is 21.7. The lowest BCUT2D eigenvalue weighted by Gasteiger charge is -2.23. The molecular formula is C22H27Cl2N7O. The third-order valence-corrected chi connectivity index (χ3v) is 6.64. The summed E-state index contributed by atoms with van der Waals surface area (Å²) < 4.78 is 3.49. The Morgan fingerprint density at radius 3 is 2.84 bits per heavy atom. The molecule has 1 saturated heterocycles. The average Bonchev–Trinajstić information content (AvgIpc) is 3.32. The highest BCUT2D eigenvalue weighted by molar-refractivity contribution is 6.38. The number of rotatable bonds is 3. The van der Waals surface area contributed by atoms with Crippen molar-refractivity contribution in [3.05, 3.63) is 39.9 Å². The van der Waals surface area contributed by atoms with Crippen molar-refractivity contribution in [1.82, 2.24) is 24.3 Å². The fourth-order valence-corrected chi connectivity index (χ4v) is 4.76. The number of aromatic nitrogens is 5. The van der Waals surface area contributed by atoms with Gasteiger partial charge in [0, 0.05) is 61.6 Å². The summed E-state index contributed by atoms with van der Waals surface area (Å²) >= 11 is 6.76. The summed E-state index contributed by atoms with van der Waals surface area (Å²) in [7, 11) is 1.78. The molecule has 0 unspecified atom stereocenters. The van der Waals surface area contributed by atoms with Crippen molar-refractivity contribution in [2.24, 2.45) is 12.8 Å². The fraction of sp³-hybridized carbons (Fsp3) is 0.409. The van der Waals surface area contributed by atoms with Gasteiger partial charge < -0.3 is 15.6 Å². The van der Waals surface area contributed by atoms with E-state index in [-0.39, 0.29) is 24.0 Å². The normalized spacial score (nSPS) is 17.0. The number of nitrogens with two attached hydrogens (primary N) is 1. The summed E-state index contributed by atoms with van der Waals surface area (Å²) in [4.78, 5) is 23.6. The van der Waals surface area contributed by atoms with Crippen LogP contribution in [0.15, 0.2) is 29.3 Å². The van der Waals surface area contributed by atoms with E-state index in [4.69, 9.17) is 22.3 Å². The van der Waals surface area contributed by atoms with Crippen molar-refractivity contribution in [3.8, 4) is 11.1 Å². The number of nitrogens with one attached hydrogen (secondary N) is 1. The molecule has 1 fully saturated rings. The summed E-state index contributed by atoms with van der Waals surface area (Å²) in [6.45, 7) is 4.44. The predicted octanol–water partition coefficient (Wildman–Crippen LogP) is 3.69.